The van der Waals surface area contributed by atoms with Crippen LogP contribution in [0.25, 0.3) is 11.4 Å². The minimum atomic E-state index is -0.379. The molecule has 0 fully saturated rings. The van der Waals surface area contributed by atoms with Gasteiger partial charge in [-0.2, -0.15) is 0 Å². The van der Waals surface area contributed by atoms with Gasteiger partial charge in [-0.3, -0.25) is 4.79 Å². The molecule has 0 radical (unpaired) electrons. The molecular weight excluding hydrogens is 304 g/mol. The van der Waals surface area contributed by atoms with Crippen molar-refractivity contribution in [2.45, 2.75) is 6.92 Å². The van der Waals surface area contributed by atoms with Crippen molar-refractivity contribution in [3.63, 3.8) is 0 Å². The van der Waals surface area contributed by atoms with Crippen molar-refractivity contribution in [1.29, 1.82) is 0 Å². The summed E-state index contributed by atoms with van der Waals surface area (Å²) in [6, 6.07) is 8.78. The zero-order valence-electron chi connectivity index (χ0n) is 11.6. The van der Waals surface area contributed by atoms with Crippen LogP contribution in [0.4, 0.5) is 5.69 Å². The van der Waals surface area contributed by atoms with Crippen LogP contribution in [0, 0.1) is 6.92 Å². The Bertz CT molecular complexity index is 814. The Morgan fingerprint density at radius 3 is 2.64 bits per heavy atom. The Morgan fingerprint density at radius 1 is 1.23 bits per heavy atom. The molecule has 1 amide bonds. The third-order valence-corrected chi connectivity index (χ3v) is 3.09. The minimum Gasteiger partial charge on any atom is -0.361 e. The maximum absolute atomic E-state index is 11.9. The van der Waals surface area contributed by atoms with Gasteiger partial charge in [0.05, 0.1) is 18.1 Å². The first-order chi connectivity index (χ1) is 10.6. The van der Waals surface area contributed by atoms with E-state index in [4.69, 9.17) is 16.1 Å². The molecule has 2 aromatic heterocycles. The summed E-state index contributed by atoms with van der Waals surface area (Å²) in [5.41, 5.74) is 1.48. The Kier molecular flexibility index (Phi) is 3.84. The lowest BCUT2D eigenvalue weighted by Crippen LogP contribution is -2.12. The summed E-state index contributed by atoms with van der Waals surface area (Å²) in [7, 11) is 0. The maximum atomic E-state index is 11.9. The topological polar surface area (TPSA) is 80.9 Å². The van der Waals surface area contributed by atoms with Crippen LogP contribution in [0.1, 0.15) is 16.2 Å². The predicted molar refractivity (Wildman–Crippen MR) is 81.7 cm³/mol. The summed E-state index contributed by atoms with van der Waals surface area (Å²) in [5.74, 6) is 0.714. The first kappa shape index (κ1) is 14.2. The molecule has 2 heterocycles. The molecule has 1 aromatic carbocycles. The van der Waals surface area contributed by atoms with Gasteiger partial charge in [-0.05, 0) is 19.1 Å². The highest BCUT2D eigenvalue weighted by Gasteiger charge is 2.11. The van der Waals surface area contributed by atoms with Crippen molar-refractivity contribution in [3.05, 3.63) is 59.2 Å². The van der Waals surface area contributed by atoms with E-state index in [2.05, 4.69) is 20.4 Å². The Balaban J connectivity index is 1.76. The largest absolute Gasteiger partial charge is 0.361 e. The lowest BCUT2D eigenvalue weighted by atomic mass is 10.2. The molecule has 0 atom stereocenters. The second-order valence-electron chi connectivity index (χ2n) is 4.58. The van der Waals surface area contributed by atoms with Gasteiger partial charge in [0, 0.05) is 16.7 Å². The number of hydrogen-bond acceptors (Lipinski definition) is 5. The standard InChI is InChI=1S/C15H11ClN4O2/c1-9-5-13(20-22-9)15(21)19-12-7-17-14(18-8-12)10-3-2-4-11(16)6-10/h2-8H,1H3,(H,19,21). The number of hydrogen-bond donors (Lipinski definition) is 1. The Morgan fingerprint density at radius 2 is 2.00 bits per heavy atom. The van der Waals surface area contributed by atoms with E-state index in [-0.39, 0.29) is 11.6 Å². The number of carbonyl (C=O) groups excluding carboxylic acids is 1. The van der Waals surface area contributed by atoms with Gasteiger partial charge in [0.2, 0.25) is 0 Å². The summed E-state index contributed by atoms with van der Waals surface area (Å²) < 4.78 is 4.86. The molecule has 0 saturated heterocycles. The van der Waals surface area contributed by atoms with E-state index < -0.39 is 0 Å². The number of aromatic nitrogens is 3. The van der Waals surface area contributed by atoms with E-state index in [1.165, 1.54) is 12.4 Å². The fourth-order valence-corrected chi connectivity index (χ4v) is 2.03. The number of aryl methyl sites for hydroxylation is 1. The van der Waals surface area contributed by atoms with Crippen molar-refractivity contribution in [1.82, 2.24) is 15.1 Å². The SMILES string of the molecule is Cc1cc(C(=O)Nc2cnc(-c3cccc(Cl)c3)nc2)no1. The molecule has 1 N–H and O–H groups in total. The molecule has 3 aromatic rings. The first-order valence-corrected chi connectivity index (χ1v) is 6.82. The predicted octanol–water partition coefficient (Wildman–Crippen LogP) is 3.35. The third-order valence-electron chi connectivity index (χ3n) is 2.85. The molecule has 0 aliphatic heterocycles. The Labute approximate surface area is 131 Å². The number of anilines is 1. The highest BCUT2D eigenvalue weighted by Crippen LogP contribution is 2.19. The van der Waals surface area contributed by atoms with Crippen molar-refractivity contribution in [2.75, 3.05) is 5.32 Å². The van der Waals surface area contributed by atoms with E-state index in [1.807, 2.05) is 12.1 Å². The zero-order chi connectivity index (χ0) is 15.5. The van der Waals surface area contributed by atoms with Crippen LogP contribution in [0.3, 0.4) is 0 Å². The maximum Gasteiger partial charge on any atom is 0.277 e. The number of halogens is 1. The zero-order valence-corrected chi connectivity index (χ0v) is 12.3. The van der Waals surface area contributed by atoms with E-state index in [0.717, 1.165) is 5.56 Å². The number of benzene rings is 1. The van der Waals surface area contributed by atoms with E-state index in [0.29, 0.717) is 22.3 Å². The average Bonchev–Trinajstić information content (AvgIpc) is 2.95. The number of amides is 1. The Hall–Kier alpha value is -2.73. The molecule has 110 valence electrons. The third kappa shape index (κ3) is 3.12. The molecule has 7 heteroatoms. The van der Waals surface area contributed by atoms with Crippen LogP contribution in [0.2, 0.25) is 5.02 Å². The van der Waals surface area contributed by atoms with Gasteiger partial charge in [0.25, 0.3) is 5.91 Å². The van der Waals surface area contributed by atoms with Gasteiger partial charge in [-0.1, -0.05) is 28.9 Å². The number of nitrogens with zero attached hydrogens (tertiary/aromatic N) is 3. The highest BCUT2D eigenvalue weighted by atomic mass is 35.5. The van der Waals surface area contributed by atoms with Crippen LogP contribution < -0.4 is 5.32 Å². The van der Waals surface area contributed by atoms with E-state index in [1.54, 1.807) is 25.1 Å². The van der Waals surface area contributed by atoms with Crippen LogP contribution in [-0.2, 0) is 0 Å². The van der Waals surface area contributed by atoms with E-state index in [9.17, 15) is 4.79 Å². The van der Waals surface area contributed by atoms with Crippen molar-refractivity contribution in [3.8, 4) is 11.4 Å². The van der Waals surface area contributed by atoms with Gasteiger partial charge in [0.15, 0.2) is 11.5 Å². The first-order valence-electron chi connectivity index (χ1n) is 6.44. The molecule has 6 nitrogen and oxygen atoms in total. The lowest BCUT2D eigenvalue weighted by molar-refractivity contribution is 0.101. The van der Waals surface area contributed by atoms with E-state index >= 15 is 0 Å². The second-order valence-corrected chi connectivity index (χ2v) is 5.02. The van der Waals surface area contributed by atoms with Crippen LogP contribution in [0.15, 0.2) is 47.2 Å². The van der Waals surface area contributed by atoms with Crippen LogP contribution in [-0.4, -0.2) is 21.0 Å². The smallest absolute Gasteiger partial charge is 0.277 e. The molecule has 0 saturated carbocycles. The quantitative estimate of drug-likeness (QED) is 0.801. The summed E-state index contributed by atoms with van der Waals surface area (Å²) in [6.07, 6.45) is 3.04. The van der Waals surface area contributed by atoms with Gasteiger partial charge in [-0.25, -0.2) is 9.97 Å². The van der Waals surface area contributed by atoms with Gasteiger partial charge in [0.1, 0.15) is 5.76 Å². The van der Waals surface area contributed by atoms with Crippen LogP contribution in [0.5, 0.6) is 0 Å². The van der Waals surface area contributed by atoms with Crippen molar-refractivity contribution < 1.29 is 9.32 Å². The lowest BCUT2D eigenvalue weighted by Gasteiger charge is -2.04. The molecule has 0 aliphatic rings. The summed E-state index contributed by atoms with van der Waals surface area (Å²) in [6.45, 7) is 1.71. The summed E-state index contributed by atoms with van der Waals surface area (Å²) in [4.78, 5) is 20.3. The average molecular weight is 315 g/mol. The second kappa shape index (κ2) is 5.95. The molecule has 22 heavy (non-hydrogen) atoms. The fourth-order valence-electron chi connectivity index (χ4n) is 1.84. The van der Waals surface area contributed by atoms with Gasteiger partial charge in [-0.15, -0.1) is 0 Å². The van der Waals surface area contributed by atoms with Gasteiger partial charge < -0.3 is 9.84 Å². The summed E-state index contributed by atoms with van der Waals surface area (Å²) in [5, 5.41) is 6.90. The molecule has 3 rings (SSSR count). The normalized spacial score (nSPS) is 10.5. The molecule has 0 aliphatic carbocycles. The van der Waals surface area contributed by atoms with Crippen molar-refractivity contribution in [2.24, 2.45) is 0 Å². The number of rotatable bonds is 3. The molecular formula is C15H11ClN4O2. The molecule has 0 unspecified atom stereocenters. The van der Waals surface area contributed by atoms with Gasteiger partial charge >= 0.3 is 0 Å². The molecule has 0 bridgehead atoms. The monoisotopic (exact) mass is 314 g/mol. The number of nitrogens with one attached hydrogen (secondary N) is 1. The van der Waals surface area contributed by atoms with Crippen LogP contribution >= 0.6 is 11.6 Å². The highest BCUT2D eigenvalue weighted by molar-refractivity contribution is 6.30. The summed E-state index contributed by atoms with van der Waals surface area (Å²) >= 11 is 5.94. The van der Waals surface area contributed by atoms with Crippen molar-refractivity contribution >= 4 is 23.2 Å². The molecule has 0 spiro atoms. The minimum absolute atomic E-state index is 0.205. The fraction of sp³-hybridized carbons (Fsp3) is 0.0667. The number of carbonyl (C=O) groups is 1.